The first-order chi connectivity index (χ1) is 7.06. The van der Waals surface area contributed by atoms with Crippen molar-refractivity contribution in [3.05, 3.63) is 0 Å². The molecular formula is C12H28O3Si. The molecular weight excluding hydrogens is 220 g/mol. The van der Waals surface area contributed by atoms with E-state index in [9.17, 15) is 5.11 Å². The summed E-state index contributed by atoms with van der Waals surface area (Å²) in [5.74, 6) is 0. The van der Waals surface area contributed by atoms with Crippen molar-refractivity contribution in [2.24, 2.45) is 0 Å². The van der Waals surface area contributed by atoms with Gasteiger partial charge in [0.25, 0.3) is 0 Å². The number of hydrogen-bond acceptors (Lipinski definition) is 3. The summed E-state index contributed by atoms with van der Waals surface area (Å²) in [4.78, 5) is 0. The molecule has 0 aromatic heterocycles. The van der Waals surface area contributed by atoms with Crippen molar-refractivity contribution >= 4 is 8.32 Å². The van der Waals surface area contributed by atoms with Gasteiger partial charge in [-0.15, -0.1) is 0 Å². The largest absolute Gasteiger partial charge is 0.414 e. The second-order valence-corrected chi connectivity index (χ2v) is 10.9. The van der Waals surface area contributed by atoms with Crippen LogP contribution in [0, 0.1) is 0 Å². The van der Waals surface area contributed by atoms with Crippen molar-refractivity contribution in [2.45, 2.75) is 65.0 Å². The monoisotopic (exact) mass is 248 g/mol. The summed E-state index contributed by atoms with van der Waals surface area (Å²) in [6.07, 6.45) is -0.362. The third kappa shape index (κ3) is 5.99. The van der Waals surface area contributed by atoms with E-state index in [1.807, 2.05) is 13.8 Å². The van der Waals surface area contributed by atoms with Crippen molar-refractivity contribution in [1.29, 1.82) is 0 Å². The molecule has 0 saturated carbocycles. The number of hydrogen-bond donors (Lipinski definition) is 1. The Hall–Kier alpha value is 0.0969. The molecule has 0 radical (unpaired) electrons. The maximum absolute atomic E-state index is 9.70. The second-order valence-electron chi connectivity index (χ2n) is 6.11. The first kappa shape index (κ1) is 16.1. The molecule has 0 aliphatic rings. The van der Waals surface area contributed by atoms with Gasteiger partial charge < -0.3 is 14.3 Å². The van der Waals surface area contributed by atoms with Gasteiger partial charge in [0.1, 0.15) is 0 Å². The smallest absolute Gasteiger partial charge is 0.192 e. The summed E-state index contributed by atoms with van der Waals surface area (Å²) in [5.41, 5.74) is 0. The average Bonchev–Trinajstić information content (AvgIpc) is 2.09. The topological polar surface area (TPSA) is 38.7 Å². The molecule has 0 spiro atoms. The summed E-state index contributed by atoms with van der Waals surface area (Å²) < 4.78 is 11.2. The molecule has 0 aromatic rings. The Morgan fingerprint density at radius 3 is 2.00 bits per heavy atom. The summed E-state index contributed by atoms with van der Waals surface area (Å²) in [6, 6.07) is 0. The van der Waals surface area contributed by atoms with Crippen LogP contribution in [0.4, 0.5) is 0 Å². The van der Waals surface area contributed by atoms with Gasteiger partial charge in [-0.3, -0.25) is 0 Å². The molecule has 0 rings (SSSR count). The van der Waals surface area contributed by atoms with Crippen LogP contribution >= 0.6 is 0 Å². The summed E-state index contributed by atoms with van der Waals surface area (Å²) in [5, 5.41) is 9.89. The highest BCUT2D eigenvalue weighted by Gasteiger charge is 2.37. The van der Waals surface area contributed by atoms with Crippen molar-refractivity contribution in [1.82, 2.24) is 0 Å². The minimum absolute atomic E-state index is 0.155. The van der Waals surface area contributed by atoms with Crippen LogP contribution in [0.5, 0.6) is 0 Å². The zero-order valence-electron chi connectivity index (χ0n) is 11.8. The molecule has 98 valence electrons. The van der Waals surface area contributed by atoms with Crippen molar-refractivity contribution in [2.75, 3.05) is 13.2 Å². The van der Waals surface area contributed by atoms with Crippen LogP contribution < -0.4 is 0 Å². The highest BCUT2D eigenvalue weighted by Crippen LogP contribution is 2.36. The zero-order chi connectivity index (χ0) is 13.0. The molecule has 3 nitrogen and oxygen atoms in total. The quantitative estimate of drug-likeness (QED) is 0.735. The van der Waals surface area contributed by atoms with E-state index < -0.39 is 14.4 Å². The molecule has 0 aliphatic heterocycles. The van der Waals surface area contributed by atoms with E-state index in [1.54, 1.807) is 0 Å². The maximum Gasteiger partial charge on any atom is 0.192 e. The molecule has 0 bridgehead atoms. The van der Waals surface area contributed by atoms with Crippen LogP contribution in [0.2, 0.25) is 18.1 Å². The van der Waals surface area contributed by atoms with E-state index in [-0.39, 0.29) is 11.1 Å². The molecule has 1 N–H and O–H groups in total. The molecule has 0 fully saturated rings. The van der Waals surface area contributed by atoms with Crippen molar-refractivity contribution in [3.63, 3.8) is 0 Å². The first-order valence-electron chi connectivity index (χ1n) is 6.00. The van der Waals surface area contributed by atoms with Gasteiger partial charge in [0.05, 0.1) is 25.4 Å². The molecule has 0 heterocycles. The lowest BCUT2D eigenvalue weighted by Gasteiger charge is -2.36. The Morgan fingerprint density at radius 2 is 1.62 bits per heavy atom. The summed E-state index contributed by atoms with van der Waals surface area (Å²) in [6.45, 7) is 15.6. The van der Waals surface area contributed by atoms with Crippen LogP contribution in [0.1, 0.15) is 34.6 Å². The fourth-order valence-corrected chi connectivity index (χ4v) is 1.91. The third-order valence-electron chi connectivity index (χ3n) is 3.06. The molecule has 0 saturated heterocycles. The number of aliphatic hydroxyl groups excluding tert-OH is 1. The van der Waals surface area contributed by atoms with Crippen molar-refractivity contribution in [3.8, 4) is 0 Å². The lowest BCUT2D eigenvalue weighted by Crippen LogP contribution is -2.43. The number of aliphatic hydroxyl groups is 1. The van der Waals surface area contributed by atoms with Gasteiger partial charge >= 0.3 is 0 Å². The van der Waals surface area contributed by atoms with E-state index in [2.05, 4.69) is 33.9 Å². The van der Waals surface area contributed by atoms with Crippen LogP contribution in [-0.2, 0) is 9.16 Å². The Balaban J connectivity index is 3.96. The van der Waals surface area contributed by atoms with E-state index in [0.717, 1.165) is 0 Å². The molecule has 1 atom stereocenters. The van der Waals surface area contributed by atoms with Crippen molar-refractivity contribution < 1.29 is 14.3 Å². The van der Waals surface area contributed by atoms with E-state index in [4.69, 9.17) is 9.16 Å². The van der Waals surface area contributed by atoms with Gasteiger partial charge in [-0.1, -0.05) is 20.8 Å². The first-order valence-corrected chi connectivity index (χ1v) is 8.90. The van der Waals surface area contributed by atoms with Gasteiger partial charge in [0.2, 0.25) is 0 Å². The van der Waals surface area contributed by atoms with Gasteiger partial charge in [0, 0.05) is 0 Å². The van der Waals surface area contributed by atoms with Crippen LogP contribution in [-0.4, -0.2) is 38.8 Å². The van der Waals surface area contributed by atoms with E-state index >= 15 is 0 Å². The maximum atomic E-state index is 9.70. The molecule has 0 amide bonds. The van der Waals surface area contributed by atoms with Crippen LogP contribution in [0.15, 0.2) is 0 Å². The fourth-order valence-electron chi connectivity index (χ4n) is 0.873. The summed E-state index contributed by atoms with van der Waals surface area (Å²) in [7, 11) is -1.74. The zero-order valence-corrected chi connectivity index (χ0v) is 12.8. The van der Waals surface area contributed by atoms with Gasteiger partial charge in [-0.05, 0) is 32.0 Å². The molecule has 0 aliphatic carbocycles. The number of ether oxygens (including phenoxy) is 1. The molecule has 4 heteroatoms. The molecule has 0 unspecified atom stereocenters. The highest BCUT2D eigenvalue weighted by atomic mass is 28.4. The van der Waals surface area contributed by atoms with Gasteiger partial charge in [0.15, 0.2) is 8.32 Å². The number of rotatable bonds is 6. The third-order valence-corrected chi connectivity index (χ3v) is 7.57. The average molecular weight is 248 g/mol. The minimum atomic E-state index is -1.74. The standard InChI is InChI=1S/C12H28O3Si/c1-10(2)14-8-11(13)9-15-16(6,7)12(3,4)5/h10-11,13H,8-9H2,1-7H3/t11-/m1/s1. The molecule has 0 aromatic carbocycles. The van der Waals surface area contributed by atoms with Crippen LogP contribution in [0.25, 0.3) is 0 Å². The normalized spacial score (nSPS) is 15.6. The second kappa shape index (κ2) is 6.14. The van der Waals surface area contributed by atoms with Gasteiger partial charge in [-0.25, -0.2) is 0 Å². The Labute approximate surface area is 101 Å². The highest BCUT2D eigenvalue weighted by molar-refractivity contribution is 6.74. The Kier molecular flexibility index (Phi) is 6.18. The predicted octanol–water partition coefficient (Wildman–Crippen LogP) is 2.79. The predicted molar refractivity (Wildman–Crippen MR) is 70.2 cm³/mol. The summed E-state index contributed by atoms with van der Waals surface area (Å²) >= 11 is 0. The fraction of sp³-hybridized carbons (Fsp3) is 1.00. The Bertz CT molecular complexity index is 197. The van der Waals surface area contributed by atoms with E-state index in [1.165, 1.54) is 0 Å². The van der Waals surface area contributed by atoms with Gasteiger partial charge in [-0.2, -0.15) is 0 Å². The lowest BCUT2D eigenvalue weighted by atomic mass is 10.2. The lowest BCUT2D eigenvalue weighted by molar-refractivity contribution is -0.0144. The molecule has 16 heavy (non-hydrogen) atoms. The SMILES string of the molecule is CC(C)OC[C@@H](O)CO[Si](C)(C)C(C)(C)C. The minimum Gasteiger partial charge on any atom is -0.414 e. The van der Waals surface area contributed by atoms with Crippen LogP contribution in [0.3, 0.4) is 0 Å². The van der Waals surface area contributed by atoms with E-state index in [0.29, 0.717) is 13.2 Å². The Morgan fingerprint density at radius 1 is 1.12 bits per heavy atom.